The molecule has 1 N–H and O–H groups in total. The first-order chi connectivity index (χ1) is 25.8. The van der Waals surface area contributed by atoms with Crippen LogP contribution in [0.15, 0.2) is 106 Å². The van der Waals surface area contributed by atoms with Crippen molar-refractivity contribution >= 4 is 109 Å². The van der Waals surface area contributed by atoms with Gasteiger partial charge in [-0.25, -0.2) is 23.9 Å². The maximum atomic E-state index is 13.4. The van der Waals surface area contributed by atoms with Gasteiger partial charge in [-0.2, -0.15) is 0 Å². The van der Waals surface area contributed by atoms with E-state index in [1.807, 2.05) is 35.0 Å². The first kappa shape index (κ1) is 39.8. The number of carbonyl (C=O) groups is 2. The summed E-state index contributed by atoms with van der Waals surface area (Å²) in [6.07, 6.45) is 0. The topological polar surface area (TPSA) is 89.4 Å². The lowest BCUT2D eigenvalue weighted by Crippen LogP contribution is -2.02. The summed E-state index contributed by atoms with van der Waals surface area (Å²) >= 11 is 36.4. The molecule has 0 fully saturated rings. The lowest BCUT2D eigenvalue weighted by atomic mass is 9.97. The molecular formula is C39H21BrCl5FN2O4S2. The van der Waals surface area contributed by atoms with E-state index in [0.717, 1.165) is 33.5 Å². The number of carboxylic acids is 1. The molecule has 54 heavy (non-hydrogen) atoms. The number of methoxy groups -OCH3 is 1. The van der Waals surface area contributed by atoms with Crippen molar-refractivity contribution in [2.24, 2.45) is 0 Å². The van der Waals surface area contributed by atoms with Gasteiger partial charge in [-0.3, -0.25) is 0 Å². The molecule has 0 aliphatic heterocycles. The molecule has 0 amide bonds. The summed E-state index contributed by atoms with van der Waals surface area (Å²) in [4.78, 5) is 32.9. The number of hydrogen-bond acceptors (Lipinski definition) is 7. The number of rotatable bonds is 7. The van der Waals surface area contributed by atoms with Crippen molar-refractivity contribution in [1.82, 2.24) is 9.97 Å². The second-order valence-electron chi connectivity index (χ2n) is 11.2. The maximum Gasteiger partial charge on any atom is 0.339 e. The fourth-order valence-electron chi connectivity index (χ4n) is 5.11. The zero-order valence-corrected chi connectivity index (χ0v) is 34.3. The van der Waals surface area contributed by atoms with Crippen molar-refractivity contribution < 1.29 is 23.8 Å². The third-order valence-corrected chi connectivity index (χ3v) is 12.0. The molecular weight excluding hydrogens is 901 g/mol. The molecule has 6 nitrogen and oxygen atoms in total. The number of benzene rings is 5. The number of hydrogen-bond donors (Lipinski definition) is 1. The van der Waals surface area contributed by atoms with Crippen molar-refractivity contribution in [3.05, 3.63) is 148 Å². The fraction of sp³-hybridized carbons (Fsp3) is 0.0256. The molecule has 0 saturated heterocycles. The SMILES string of the molecule is COC(=O)c1cc(-c2nc(-c3ccc(Cl)c(Cl)c3)cs2)ccc1Br.O=C(O)c1cc(-c2nc(-c3ccc(Cl)c(Cl)c3)cs2)ccc1-c1ccc(F)cc1Cl. The Hall–Kier alpha value is -3.84. The van der Waals surface area contributed by atoms with Crippen molar-refractivity contribution in [3.8, 4) is 54.8 Å². The number of halogens is 7. The van der Waals surface area contributed by atoms with Gasteiger partial charge in [0.05, 0.1) is 54.7 Å². The van der Waals surface area contributed by atoms with Crippen LogP contribution in [0.5, 0.6) is 0 Å². The van der Waals surface area contributed by atoms with Crippen LogP contribution < -0.4 is 0 Å². The number of esters is 1. The van der Waals surface area contributed by atoms with E-state index < -0.39 is 17.8 Å². The van der Waals surface area contributed by atoms with E-state index in [1.54, 1.807) is 42.5 Å². The van der Waals surface area contributed by atoms with E-state index >= 15 is 0 Å². The molecule has 0 atom stereocenters. The van der Waals surface area contributed by atoms with E-state index in [2.05, 4.69) is 25.9 Å². The minimum atomic E-state index is -1.12. The van der Waals surface area contributed by atoms with Gasteiger partial charge in [0.1, 0.15) is 15.8 Å². The summed E-state index contributed by atoms with van der Waals surface area (Å²) in [6.45, 7) is 0. The smallest absolute Gasteiger partial charge is 0.339 e. The molecule has 2 aromatic heterocycles. The average Bonchev–Trinajstić information content (AvgIpc) is 3.86. The van der Waals surface area contributed by atoms with Gasteiger partial charge in [0.25, 0.3) is 0 Å². The standard InChI is InChI=1S/C22H11Cl3FNO2S.C17H10BrCl2NO2S/c23-17-6-2-11(8-19(17)25)20-10-30-21(27-20)12-1-4-14(16(7-12)22(28)29)15-5-3-13(26)9-18(15)24;1-23-17(22)11-6-10(2-4-12(11)18)16-21-15(8-24-16)9-3-5-13(19)14(20)7-9/h1-10H,(H,28,29);2-8H,1H3. The van der Waals surface area contributed by atoms with E-state index in [0.29, 0.717) is 57.5 Å². The quantitative estimate of drug-likeness (QED) is 0.160. The zero-order chi connectivity index (χ0) is 38.7. The molecule has 7 aromatic rings. The summed E-state index contributed by atoms with van der Waals surface area (Å²) in [6, 6.07) is 24.9. The van der Waals surface area contributed by atoms with Gasteiger partial charge < -0.3 is 9.84 Å². The Morgan fingerprint density at radius 2 is 1.13 bits per heavy atom. The molecule has 0 aliphatic carbocycles. The van der Waals surface area contributed by atoms with Crippen molar-refractivity contribution in [2.45, 2.75) is 0 Å². The van der Waals surface area contributed by atoms with Gasteiger partial charge in [-0.1, -0.05) is 88.3 Å². The van der Waals surface area contributed by atoms with Gasteiger partial charge in [0.2, 0.25) is 0 Å². The van der Waals surface area contributed by atoms with E-state index in [1.165, 1.54) is 48.0 Å². The second-order valence-corrected chi connectivity index (χ2v) is 15.8. The van der Waals surface area contributed by atoms with Crippen molar-refractivity contribution in [2.75, 3.05) is 7.11 Å². The molecule has 0 saturated carbocycles. The molecule has 272 valence electrons. The number of carboxylic acid groups (broad SMARTS) is 1. The van der Waals surface area contributed by atoms with Crippen molar-refractivity contribution in [3.63, 3.8) is 0 Å². The largest absolute Gasteiger partial charge is 0.478 e. The first-order valence-electron chi connectivity index (χ1n) is 15.4. The zero-order valence-electron chi connectivity index (χ0n) is 27.3. The molecule has 15 heteroatoms. The summed E-state index contributed by atoms with van der Waals surface area (Å²) in [5.41, 5.74) is 6.04. The number of aromatic carboxylic acids is 1. The van der Waals surface area contributed by atoms with Crippen molar-refractivity contribution in [1.29, 1.82) is 0 Å². The van der Waals surface area contributed by atoms with Crippen LogP contribution in [-0.2, 0) is 4.74 Å². The van der Waals surface area contributed by atoms with Crippen LogP contribution in [0.2, 0.25) is 25.1 Å². The van der Waals surface area contributed by atoms with Gasteiger partial charge in [-0.05, 0) is 82.2 Å². The Kier molecular flexibility index (Phi) is 12.8. The molecule has 0 bridgehead atoms. The highest BCUT2D eigenvalue weighted by molar-refractivity contribution is 9.10. The third-order valence-electron chi connectivity index (χ3n) is 7.78. The van der Waals surface area contributed by atoms with Crippen LogP contribution in [0.25, 0.3) is 54.8 Å². The van der Waals surface area contributed by atoms with Crippen LogP contribution >= 0.6 is 96.6 Å². The normalized spacial score (nSPS) is 10.8. The van der Waals surface area contributed by atoms with Crippen LogP contribution in [0.1, 0.15) is 20.7 Å². The molecule has 0 spiro atoms. The molecule has 5 aromatic carbocycles. The van der Waals surface area contributed by atoms with Gasteiger partial charge in [-0.15, -0.1) is 22.7 Å². The Balaban J connectivity index is 0.000000189. The molecule has 0 radical (unpaired) electrons. The minimum absolute atomic E-state index is 0.0484. The highest BCUT2D eigenvalue weighted by atomic mass is 79.9. The Morgan fingerprint density at radius 1 is 0.630 bits per heavy atom. The summed E-state index contributed by atoms with van der Waals surface area (Å²) in [5, 5.41) is 17.0. The molecule has 0 aliphatic rings. The second kappa shape index (κ2) is 17.3. The third kappa shape index (κ3) is 8.99. The first-order valence-corrected chi connectivity index (χ1v) is 19.8. The number of aromatic nitrogens is 2. The monoisotopic (exact) mass is 918 g/mol. The average molecular weight is 922 g/mol. The molecule has 2 heterocycles. The summed E-state index contributed by atoms with van der Waals surface area (Å²) in [5.74, 6) is -2.01. The Labute approximate surface area is 349 Å². The lowest BCUT2D eigenvalue weighted by Gasteiger charge is -2.10. The molecule has 7 rings (SSSR count). The van der Waals surface area contributed by atoms with Gasteiger partial charge >= 0.3 is 11.9 Å². The maximum absolute atomic E-state index is 13.4. The predicted octanol–water partition coefficient (Wildman–Crippen LogP) is 14.3. The highest BCUT2D eigenvalue weighted by Gasteiger charge is 2.18. The number of thiazole rings is 2. The van der Waals surface area contributed by atoms with E-state index in [-0.39, 0.29) is 10.6 Å². The van der Waals surface area contributed by atoms with Crippen LogP contribution in [-0.4, -0.2) is 34.1 Å². The van der Waals surface area contributed by atoms with Crippen LogP contribution in [0.3, 0.4) is 0 Å². The molecule has 0 unspecified atom stereocenters. The van der Waals surface area contributed by atoms with Gasteiger partial charge in [0, 0.05) is 43.1 Å². The number of ether oxygens (including phenoxy) is 1. The van der Waals surface area contributed by atoms with E-state index in [9.17, 15) is 19.1 Å². The lowest BCUT2D eigenvalue weighted by molar-refractivity contribution is 0.0598. The van der Waals surface area contributed by atoms with E-state index in [4.69, 9.17) is 62.7 Å². The minimum Gasteiger partial charge on any atom is -0.478 e. The highest BCUT2D eigenvalue weighted by Crippen LogP contribution is 2.37. The number of carbonyl (C=O) groups excluding carboxylic acids is 1. The number of nitrogens with zero attached hydrogens (tertiary/aromatic N) is 2. The predicted molar refractivity (Wildman–Crippen MR) is 222 cm³/mol. The van der Waals surface area contributed by atoms with Crippen LogP contribution in [0, 0.1) is 5.82 Å². The van der Waals surface area contributed by atoms with Gasteiger partial charge in [0.15, 0.2) is 0 Å². The Morgan fingerprint density at radius 3 is 1.63 bits per heavy atom. The van der Waals surface area contributed by atoms with Crippen LogP contribution in [0.4, 0.5) is 4.39 Å². The summed E-state index contributed by atoms with van der Waals surface area (Å²) < 4.78 is 18.8. The fourth-order valence-corrected chi connectivity index (χ4v) is 8.04. The summed E-state index contributed by atoms with van der Waals surface area (Å²) in [7, 11) is 1.35. The Bertz CT molecular complexity index is 2560.